The molecule has 2 heterocycles. The molecule has 0 aliphatic heterocycles. The third-order valence-corrected chi connectivity index (χ3v) is 2.72. The molecule has 2 aromatic heterocycles. The number of rotatable bonds is 3. The van der Waals surface area contributed by atoms with E-state index in [9.17, 15) is 9.90 Å². The van der Waals surface area contributed by atoms with E-state index < -0.39 is 5.97 Å². The van der Waals surface area contributed by atoms with Gasteiger partial charge in [-0.2, -0.15) is 0 Å². The largest absolute Gasteiger partial charge is 0.506 e. The molecule has 8 heteroatoms. The molecule has 0 spiro atoms. The molecule has 0 radical (unpaired) electrons. The smallest absolute Gasteiger partial charge is 0.335 e. The fourth-order valence-corrected chi connectivity index (χ4v) is 1.76. The van der Waals surface area contributed by atoms with Crippen LogP contribution in [0.15, 0.2) is 30.9 Å². The topological polar surface area (TPSA) is 124 Å². The van der Waals surface area contributed by atoms with Crippen LogP contribution in [0.2, 0.25) is 0 Å². The van der Waals surface area contributed by atoms with Crippen molar-refractivity contribution in [3.63, 3.8) is 0 Å². The van der Waals surface area contributed by atoms with E-state index in [0.717, 1.165) is 0 Å². The molecule has 0 fully saturated rings. The number of aromatic hydroxyl groups is 1. The molecule has 3 aromatic rings. The predicted molar refractivity (Wildman–Crippen MR) is 70.0 cm³/mol. The summed E-state index contributed by atoms with van der Waals surface area (Å²) in [6, 6.07) is 3.94. The molecule has 0 bridgehead atoms. The highest BCUT2D eigenvalue weighted by molar-refractivity contribution is 5.91. The molecule has 0 amide bonds. The van der Waals surface area contributed by atoms with Gasteiger partial charge in [0.2, 0.25) is 0 Å². The Kier molecular flexibility index (Phi) is 2.68. The summed E-state index contributed by atoms with van der Waals surface area (Å²) in [5, 5.41) is 21.6. The number of fused-ring (bicyclic) bond motifs is 1. The lowest BCUT2D eigenvalue weighted by molar-refractivity contribution is 0.0697. The second kappa shape index (κ2) is 4.50. The van der Waals surface area contributed by atoms with Crippen molar-refractivity contribution in [1.29, 1.82) is 0 Å². The summed E-state index contributed by atoms with van der Waals surface area (Å²) in [4.78, 5) is 25.8. The summed E-state index contributed by atoms with van der Waals surface area (Å²) in [5.41, 5.74) is 1.32. The lowest BCUT2D eigenvalue weighted by atomic mass is 10.2. The average Bonchev–Trinajstić information content (AvgIpc) is 2.90. The molecule has 3 rings (SSSR count). The quantitative estimate of drug-likeness (QED) is 0.532. The average molecular weight is 271 g/mol. The van der Waals surface area contributed by atoms with Crippen LogP contribution in [0.4, 0.5) is 11.5 Å². The zero-order valence-corrected chi connectivity index (χ0v) is 10.0. The van der Waals surface area contributed by atoms with E-state index >= 15 is 0 Å². The van der Waals surface area contributed by atoms with Gasteiger partial charge in [-0.15, -0.1) is 0 Å². The first-order chi connectivity index (χ1) is 9.65. The number of anilines is 2. The Balaban J connectivity index is 2.04. The monoisotopic (exact) mass is 271 g/mol. The van der Waals surface area contributed by atoms with Gasteiger partial charge in [0, 0.05) is 0 Å². The van der Waals surface area contributed by atoms with Gasteiger partial charge < -0.3 is 20.5 Å². The number of nitrogens with zero attached hydrogens (tertiary/aromatic N) is 3. The highest BCUT2D eigenvalue weighted by Crippen LogP contribution is 2.28. The van der Waals surface area contributed by atoms with E-state index in [2.05, 4.69) is 25.3 Å². The molecule has 0 atom stereocenters. The Bertz CT molecular complexity index is 799. The molecule has 0 saturated carbocycles. The van der Waals surface area contributed by atoms with E-state index in [1.165, 1.54) is 30.9 Å². The molecule has 0 aliphatic carbocycles. The van der Waals surface area contributed by atoms with Gasteiger partial charge in [-0.25, -0.2) is 19.7 Å². The van der Waals surface area contributed by atoms with Gasteiger partial charge in [-0.3, -0.25) is 0 Å². The van der Waals surface area contributed by atoms with Crippen molar-refractivity contribution < 1.29 is 15.0 Å². The number of carbonyl (C=O) groups is 1. The highest BCUT2D eigenvalue weighted by atomic mass is 16.4. The van der Waals surface area contributed by atoms with Gasteiger partial charge in [0.05, 0.1) is 17.6 Å². The first kappa shape index (κ1) is 11.9. The van der Waals surface area contributed by atoms with E-state index in [0.29, 0.717) is 17.0 Å². The minimum Gasteiger partial charge on any atom is -0.506 e. The molecule has 8 nitrogen and oxygen atoms in total. The van der Waals surface area contributed by atoms with Gasteiger partial charge in [-0.1, -0.05) is 0 Å². The number of imidazole rings is 1. The third-order valence-electron chi connectivity index (χ3n) is 2.72. The first-order valence-corrected chi connectivity index (χ1v) is 5.62. The van der Waals surface area contributed by atoms with Crippen LogP contribution < -0.4 is 5.32 Å². The summed E-state index contributed by atoms with van der Waals surface area (Å²) in [7, 11) is 0. The minimum absolute atomic E-state index is 0.0558. The van der Waals surface area contributed by atoms with E-state index in [1.54, 1.807) is 0 Å². The summed E-state index contributed by atoms with van der Waals surface area (Å²) in [5.74, 6) is -0.769. The fraction of sp³-hybridized carbons (Fsp3) is 0. The molecular formula is C12H9N5O3. The van der Waals surface area contributed by atoms with Crippen molar-refractivity contribution in [3.05, 3.63) is 36.4 Å². The number of aromatic amines is 1. The Morgan fingerprint density at radius 1 is 1.25 bits per heavy atom. The highest BCUT2D eigenvalue weighted by Gasteiger charge is 2.11. The molecule has 4 N–H and O–H groups in total. The molecular weight excluding hydrogens is 262 g/mol. The number of phenols is 1. The van der Waals surface area contributed by atoms with E-state index in [1.807, 2.05) is 0 Å². The fourth-order valence-electron chi connectivity index (χ4n) is 1.76. The Morgan fingerprint density at radius 2 is 2.10 bits per heavy atom. The number of H-pyrrole nitrogens is 1. The van der Waals surface area contributed by atoms with Crippen molar-refractivity contribution in [2.45, 2.75) is 0 Å². The SMILES string of the molecule is O=C(O)c1ccc(O)c(Nc2ncnc3nc[nH]c23)c1. The van der Waals surface area contributed by atoms with Crippen LogP contribution in [0.25, 0.3) is 11.2 Å². The maximum atomic E-state index is 10.9. The van der Waals surface area contributed by atoms with Crippen LogP contribution in [0.1, 0.15) is 10.4 Å². The van der Waals surface area contributed by atoms with Gasteiger partial charge in [-0.05, 0) is 18.2 Å². The number of hydrogen-bond acceptors (Lipinski definition) is 6. The second-order valence-corrected chi connectivity index (χ2v) is 3.99. The lowest BCUT2D eigenvalue weighted by Crippen LogP contribution is -2.00. The van der Waals surface area contributed by atoms with Crippen LogP contribution in [0, 0.1) is 0 Å². The van der Waals surface area contributed by atoms with Crippen molar-refractivity contribution in [1.82, 2.24) is 19.9 Å². The second-order valence-electron chi connectivity index (χ2n) is 3.99. The zero-order valence-electron chi connectivity index (χ0n) is 10.0. The molecule has 0 aliphatic rings. The number of nitrogens with one attached hydrogen (secondary N) is 2. The molecule has 0 unspecified atom stereocenters. The van der Waals surface area contributed by atoms with Crippen molar-refractivity contribution >= 4 is 28.6 Å². The minimum atomic E-state index is -1.08. The number of benzene rings is 1. The predicted octanol–water partition coefficient (Wildman–Crippen LogP) is 1.50. The van der Waals surface area contributed by atoms with Crippen molar-refractivity contribution in [2.24, 2.45) is 0 Å². The summed E-state index contributed by atoms with van der Waals surface area (Å²) < 4.78 is 0. The zero-order chi connectivity index (χ0) is 14.1. The molecule has 0 saturated heterocycles. The molecule has 20 heavy (non-hydrogen) atoms. The number of phenolic OH excluding ortho intramolecular Hbond substituents is 1. The number of carboxylic acid groups (broad SMARTS) is 1. The molecule has 1 aromatic carbocycles. The van der Waals surface area contributed by atoms with Crippen LogP contribution in [-0.4, -0.2) is 36.1 Å². The number of aromatic carboxylic acids is 1. The van der Waals surface area contributed by atoms with Gasteiger partial charge in [0.15, 0.2) is 11.5 Å². The number of carboxylic acids is 1. The maximum absolute atomic E-state index is 10.9. The Morgan fingerprint density at radius 3 is 2.90 bits per heavy atom. The Labute approximate surface area is 112 Å². The maximum Gasteiger partial charge on any atom is 0.335 e. The standard InChI is InChI=1S/C12H9N5O3/c18-8-2-1-6(12(19)20)3-7(8)17-11-9-10(14-4-13-9)15-5-16-11/h1-5,18H,(H,19,20)(H2,13,14,15,16,17). The number of aromatic nitrogens is 4. The van der Waals surface area contributed by atoms with Gasteiger partial charge >= 0.3 is 5.97 Å². The third kappa shape index (κ3) is 1.99. The normalized spacial score (nSPS) is 10.6. The van der Waals surface area contributed by atoms with E-state index in [4.69, 9.17) is 5.11 Å². The van der Waals surface area contributed by atoms with Gasteiger partial charge in [0.1, 0.15) is 17.6 Å². The molecule has 100 valence electrons. The summed E-state index contributed by atoms with van der Waals surface area (Å²) in [6.07, 6.45) is 2.79. The van der Waals surface area contributed by atoms with Crippen LogP contribution in [-0.2, 0) is 0 Å². The van der Waals surface area contributed by atoms with Crippen LogP contribution in [0.3, 0.4) is 0 Å². The van der Waals surface area contributed by atoms with Crippen LogP contribution in [0.5, 0.6) is 5.75 Å². The Hall–Kier alpha value is -3.16. The first-order valence-electron chi connectivity index (χ1n) is 5.62. The summed E-state index contributed by atoms with van der Waals surface area (Å²) >= 11 is 0. The number of hydrogen-bond donors (Lipinski definition) is 4. The van der Waals surface area contributed by atoms with E-state index in [-0.39, 0.29) is 17.0 Å². The lowest BCUT2D eigenvalue weighted by Gasteiger charge is -2.08. The van der Waals surface area contributed by atoms with Crippen LogP contribution >= 0.6 is 0 Å². The summed E-state index contributed by atoms with van der Waals surface area (Å²) in [6.45, 7) is 0. The van der Waals surface area contributed by atoms with Crippen molar-refractivity contribution in [2.75, 3.05) is 5.32 Å². The van der Waals surface area contributed by atoms with Crippen molar-refractivity contribution in [3.8, 4) is 5.75 Å². The van der Waals surface area contributed by atoms with Gasteiger partial charge in [0.25, 0.3) is 0 Å².